The molecule has 5 heteroatoms. The number of carbonyl (C=O) groups is 1. The lowest BCUT2D eigenvalue weighted by Crippen LogP contribution is -2.18. The highest BCUT2D eigenvalue weighted by atomic mass is 16.5. The van der Waals surface area contributed by atoms with Gasteiger partial charge >= 0.3 is 0 Å². The Balaban J connectivity index is 1.66. The van der Waals surface area contributed by atoms with E-state index in [-0.39, 0.29) is 17.8 Å². The normalized spacial score (nSPS) is 15.6. The van der Waals surface area contributed by atoms with E-state index in [1.54, 1.807) is 31.4 Å². The van der Waals surface area contributed by atoms with Crippen LogP contribution in [0.2, 0.25) is 0 Å². The van der Waals surface area contributed by atoms with Crippen LogP contribution >= 0.6 is 0 Å². The Morgan fingerprint density at radius 3 is 2.69 bits per heavy atom. The molecule has 0 bridgehead atoms. The molecule has 1 aromatic heterocycles. The van der Waals surface area contributed by atoms with Crippen LogP contribution < -0.4 is 9.47 Å². The van der Waals surface area contributed by atoms with E-state index in [0.717, 1.165) is 16.9 Å². The zero-order chi connectivity index (χ0) is 22.1. The minimum Gasteiger partial charge on any atom is -0.497 e. The fraction of sp³-hybridized carbons (Fsp3) is 0.111. The molecule has 0 unspecified atom stereocenters. The van der Waals surface area contributed by atoms with Crippen molar-refractivity contribution in [3.63, 3.8) is 0 Å². The molecule has 0 amide bonds. The van der Waals surface area contributed by atoms with E-state index in [2.05, 4.69) is 4.98 Å². The third-order valence-corrected chi connectivity index (χ3v) is 5.43. The van der Waals surface area contributed by atoms with Gasteiger partial charge in [0, 0.05) is 11.1 Å². The molecule has 0 saturated carbocycles. The van der Waals surface area contributed by atoms with Gasteiger partial charge in [-0.15, -0.1) is 0 Å². The maximum Gasteiger partial charge on any atom is 0.231 e. The third kappa shape index (κ3) is 3.69. The first-order valence-electron chi connectivity index (χ1n) is 10.4. The fourth-order valence-electron chi connectivity index (χ4n) is 3.72. The predicted octanol–water partition coefficient (Wildman–Crippen LogP) is 5.97. The maximum atomic E-state index is 13.6. The van der Waals surface area contributed by atoms with E-state index >= 15 is 0 Å². The van der Waals surface area contributed by atoms with Gasteiger partial charge < -0.3 is 13.9 Å². The van der Waals surface area contributed by atoms with Crippen molar-refractivity contribution in [3.05, 3.63) is 101 Å². The number of hydrogen-bond donors (Lipinski definition) is 0. The first-order valence-corrected chi connectivity index (χ1v) is 10.4. The number of fused-ring (bicyclic) bond motifs is 2. The van der Waals surface area contributed by atoms with Gasteiger partial charge in [0.05, 0.1) is 12.7 Å². The summed E-state index contributed by atoms with van der Waals surface area (Å²) in [4.78, 5) is 18.2. The molecule has 1 aliphatic heterocycles. The average molecular weight is 423 g/mol. The molecule has 158 valence electrons. The lowest BCUT2D eigenvalue weighted by Gasteiger charge is -2.23. The van der Waals surface area contributed by atoms with Crippen molar-refractivity contribution in [2.45, 2.75) is 13.0 Å². The molecule has 0 aliphatic carbocycles. The van der Waals surface area contributed by atoms with Crippen LogP contribution in [0.4, 0.5) is 0 Å². The number of oxazole rings is 1. The predicted molar refractivity (Wildman–Crippen MR) is 124 cm³/mol. The van der Waals surface area contributed by atoms with Gasteiger partial charge in [-0.2, -0.15) is 0 Å². The van der Waals surface area contributed by atoms with Crippen LogP contribution in [-0.2, 0) is 0 Å². The smallest absolute Gasteiger partial charge is 0.231 e. The SMILES string of the molecule is COc1cccc(C(=O)/C(=C/C2=Cc3ccccc3O[C@H]2C)c2nc3ccccc3o2)c1. The van der Waals surface area contributed by atoms with E-state index in [1.807, 2.05) is 67.6 Å². The minimum absolute atomic E-state index is 0.206. The highest BCUT2D eigenvalue weighted by Gasteiger charge is 2.24. The Hall–Kier alpha value is -4.12. The topological polar surface area (TPSA) is 61.6 Å². The summed E-state index contributed by atoms with van der Waals surface area (Å²) in [5, 5.41) is 0. The Labute approximate surface area is 185 Å². The monoisotopic (exact) mass is 423 g/mol. The molecule has 3 aromatic carbocycles. The van der Waals surface area contributed by atoms with Crippen LogP contribution in [0.1, 0.15) is 28.7 Å². The number of rotatable bonds is 5. The van der Waals surface area contributed by atoms with E-state index in [9.17, 15) is 4.79 Å². The van der Waals surface area contributed by atoms with Crippen molar-refractivity contribution >= 4 is 28.5 Å². The zero-order valence-electron chi connectivity index (χ0n) is 17.7. The van der Waals surface area contributed by atoms with Crippen LogP contribution in [-0.4, -0.2) is 24.0 Å². The molecule has 1 aliphatic rings. The first-order chi connectivity index (χ1) is 15.6. The summed E-state index contributed by atoms with van der Waals surface area (Å²) in [7, 11) is 1.57. The maximum absolute atomic E-state index is 13.6. The lowest BCUT2D eigenvalue weighted by atomic mass is 9.96. The summed E-state index contributed by atoms with van der Waals surface area (Å²) in [6, 6.07) is 22.3. The second-order valence-corrected chi connectivity index (χ2v) is 7.55. The molecule has 5 rings (SSSR count). The number of methoxy groups -OCH3 is 1. The van der Waals surface area contributed by atoms with Crippen molar-refractivity contribution in [2.75, 3.05) is 7.11 Å². The van der Waals surface area contributed by atoms with Gasteiger partial charge in [0.1, 0.15) is 23.1 Å². The van der Waals surface area contributed by atoms with Crippen LogP contribution in [0.3, 0.4) is 0 Å². The van der Waals surface area contributed by atoms with Crippen LogP contribution in [0, 0.1) is 0 Å². The number of benzene rings is 3. The Morgan fingerprint density at radius 1 is 1.03 bits per heavy atom. The molecule has 5 nitrogen and oxygen atoms in total. The molecule has 0 saturated heterocycles. The van der Waals surface area contributed by atoms with Crippen LogP contribution in [0.15, 0.2) is 88.9 Å². The Bertz CT molecular complexity index is 1350. The first kappa shape index (κ1) is 19.8. The summed E-state index contributed by atoms with van der Waals surface area (Å²) in [6.45, 7) is 1.96. The summed E-state index contributed by atoms with van der Waals surface area (Å²) < 4.78 is 17.3. The fourth-order valence-corrected chi connectivity index (χ4v) is 3.72. The van der Waals surface area contributed by atoms with Gasteiger partial charge in [0.15, 0.2) is 11.4 Å². The molecule has 0 N–H and O–H groups in total. The summed E-state index contributed by atoms with van der Waals surface area (Å²) in [5.41, 5.74) is 3.98. The standard InChI is InChI=1S/C27H21NO4/c1-17-20(14-18-8-3-5-12-24(18)31-17)16-22(26(29)19-9-7-10-21(15-19)30-2)27-28-23-11-4-6-13-25(23)32-27/h3-17H,1-2H3/b22-16-/t17-/m0/s1. The molecule has 32 heavy (non-hydrogen) atoms. The highest BCUT2D eigenvalue weighted by Crippen LogP contribution is 2.33. The number of allylic oxidation sites excluding steroid dienone is 1. The van der Waals surface area contributed by atoms with Gasteiger partial charge in [0.25, 0.3) is 0 Å². The molecule has 1 atom stereocenters. The second kappa shape index (κ2) is 8.19. The van der Waals surface area contributed by atoms with Gasteiger partial charge in [-0.25, -0.2) is 4.98 Å². The second-order valence-electron chi connectivity index (χ2n) is 7.55. The Kier molecular flexibility index (Phi) is 5.07. The number of ether oxygens (including phenoxy) is 2. The lowest BCUT2D eigenvalue weighted by molar-refractivity contribution is 0.105. The van der Waals surface area contributed by atoms with Crippen molar-refractivity contribution in [3.8, 4) is 11.5 Å². The van der Waals surface area contributed by atoms with E-state index in [0.29, 0.717) is 28.0 Å². The number of aromatic nitrogens is 1. The molecule has 0 radical (unpaired) electrons. The van der Waals surface area contributed by atoms with Crippen molar-refractivity contribution in [1.29, 1.82) is 0 Å². The summed E-state index contributed by atoms with van der Waals surface area (Å²) in [6.07, 6.45) is 3.61. The van der Waals surface area contributed by atoms with Crippen molar-refractivity contribution < 1.29 is 18.7 Å². The minimum atomic E-state index is -0.234. The van der Waals surface area contributed by atoms with Crippen molar-refractivity contribution in [2.24, 2.45) is 0 Å². The quantitative estimate of drug-likeness (QED) is 0.292. The molecule has 0 fully saturated rings. The highest BCUT2D eigenvalue weighted by molar-refractivity contribution is 6.28. The summed E-state index contributed by atoms with van der Waals surface area (Å²) >= 11 is 0. The Morgan fingerprint density at radius 2 is 1.84 bits per heavy atom. The number of carbonyl (C=O) groups excluding carboxylic acids is 1. The van der Waals surface area contributed by atoms with Gasteiger partial charge in [-0.1, -0.05) is 42.5 Å². The number of Topliss-reactive ketones (excluding diaryl/α,β-unsaturated/α-hetero) is 1. The molecular formula is C27H21NO4. The number of nitrogens with zero attached hydrogens (tertiary/aromatic N) is 1. The van der Waals surface area contributed by atoms with Gasteiger partial charge in [-0.05, 0) is 55.0 Å². The van der Waals surface area contributed by atoms with Gasteiger partial charge in [-0.3, -0.25) is 4.79 Å². The van der Waals surface area contributed by atoms with Crippen LogP contribution in [0.25, 0.3) is 22.7 Å². The molecule has 4 aromatic rings. The van der Waals surface area contributed by atoms with Crippen molar-refractivity contribution in [1.82, 2.24) is 4.98 Å². The summed E-state index contributed by atoms with van der Waals surface area (Å²) in [5.74, 6) is 1.49. The molecular weight excluding hydrogens is 402 g/mol. The van der Waals surface area contributed by atoms with Gasteiger partial charge in [0.2, 0.25) is 5.89 Å². The molecule has 2 heterocycles. The number of ketones is 1. The average Bonchev–Trinajstić information content (AvgIpc) is 3.26. The number of hydrogen-bond acceptors (Lipinski definition) is 5. The number of para-hydroxylation sites is 3. The van der Waals surface area contributed by atoms with Crippen LogP contribution in [0.5, 0.6) is 11.5 Å². The zero-order valence-corrected chi connectivity index (χ0v) is 17.7. The van der Waals surface area contributed by atoms with E-state index in [1.165, 1.54) is 0 Å². The van der Waals surface area contributed by atoms with E-state index in [4.69, 9.17) is 13.9 Å². The largest absolute Gasteiger partial charge is 0.497 e. The third-order valence-electron chi connectivity index (χ3n) is 5.43. The van der Waals surface area contributed by atoms with E-state index < -0.39 is 0 Å². The molecule has 0 spiro atoms.